The van der Waals surface area contributed by atoms with E-state index in [0.29, 0.717) is 25.1 Å². The summed E-state index contributed by atoms with van der Waals surface area (Å²) in [5.74, 6) is -0.0921. The summed E-state index contributed by atoms with van der Waals surface area (Å²) in [5, 5.41) is 0. The highest BCUT2D eigenvalue weighted by atomic mass is 32.2. The summed E-state index contributed by atoms with van der Waals surface area (Å²) in [6.07, 6.45) is 2.13. The number of fused-ring (bicyclic) bond motifs is 1. The molecule has 1 heterocycles. The molecule has 31 heavy (non-hydrogen) atoms. The quantitative estimate of drug-likeness (QED) is 0.582. The molecule has 2 aromatic rings. The highest BCUT2D eigenvalue weighted by Gasteiger charge is 2.30. The molecule has 1 aliphatic rings. The van der Waals surface area contributed by atoms with Crippen molar-refractivity contribution in [3.8, 4) is 0 Å². The summed E-state index contributed by atoms with van der Waals surface area (Å²) in [6, 6.07) is 10.3. The molecule has 0 aromatic heterocycles. The molecule has 1 unspecified atom stereocenters. The Kier molecular flexibility index (Phi) is 6.73. The van der Waals surface area contributed by atoms with E-state index in [4.69, 9.17) is 0 Å². The molecule has 2 N–H and O–H groups in total. The fourth-order valence-electron chi connectivity index (χ4n) is 3.66. The van der Waals surface area contributed by atoms with Crippen LogP contribution in [-0.4, -0.2) is 35.3 Å². The topological polar surface area (TPSA) is 113 Å². The normalized spacial score (nSPS) is 16.2. The van der Waals surface area contributed by atoms with Gasteiger partial charge >= 0.3 is 0 Å². The van der Waals surface area contributed by atoms with Gasteiger partial charge in [0.05, 0.1) is 15.5 Å². The third-order valence-corrected chi connectivity index (χ3v) is 7.97. The van der Waals surface area contributed by atoms with Crippen LogP contribution in [0.3, 0.4) is 0 Å². The third kappa shape index (κ3) is 5.08. The maximum Gasteiger partial charge on any atom is 0.261 e. The Morgan fingerprint density at radius 2 is 1.77 bits per heavy atom. The van der Waals surface area contributed by atoms with Gasteiger partial charge < -0.3 is 4.90 Å². The number of rotatable bonds is 8. The summed E-state index contributed by atoms with van der Waals surface area (Å²) in [5.41, 5.74) is 1.64. The third-order valence-electron chi connectivity index (χ3n) is 5.14. The Bertz CT molecular complexity index is 1190. The number of carbonyl (C=O) groups is 1. The smallest absolute Gasteiger partial charge is 0.261 e. The molecule has 10 heteroatoms. The molecule has 0 fully saturated rings. The lowest BCUT2D eigenvalue weighted by Gasteiger charge is -2.20. The van der Waals surface area contributed by atoms with Crippen molar-refractivity contribution < 1.29 is 21.6 Å². The summed E-state index contributed by atoms with van der Waals surface area (Å²) >= 11 is 0. The second-order valence-corrected chi connectivity index (χ2v) is 11.1. The van der Waals surface area contributed by atoms with E-state index in [1.807, 2.05) is 13.8 Å². The van der Waals surface area contributed by atoms with Gasteiger partial charge in [-0.2, -0.15) is 0 Å². The first-order valence-corrected chi connectivity index (χ1v) is 13.1. The summed E-state index contributed by atoms with van der Waals surface area (Å²) in [6.45, 7) is 5.67. The Labute approximate surface area is 183 Å². The largest absolute Gasteiger partial charge is 0.309 e. The Hall–Kier alpha value is -2.43. The lowest BCUT2D eigenvalue weighted by Crippen LogP contribution is -2.33. The summed E-state index contributed by atoms with van der Waals surface area (Å²) in [4.78, 5) is 13.6. The minimum Gasteiger partial charge on any atom is -0.309 e. The van der Waals surface area contributed by atoms with E-state index in [1.165, 1.54) is 37.3 Å². The van der Waals surface area contributed by atoms with Crippen molar-refractivity contribution in [2.75, 3.05) is 16.2 Å². The van der Waals surface area contributed by atoms with Gasteiger partial charge in [-0.3, -0.25) is 9.52 Å². The first-order valence-electron chi connectivity index (χ1n) is 10.1. The van der Waals surface area contributed by atoms with Crippen molar-refractivity contribution in [1.82, 2.24) is 4.72 Å². The van der Waals surface area contributed by atoms with Gasteiger partial charge in [-0.25, -0.2) is 21.6 Å². The lowest BCUT2D eigenvalue weighted by molar-refractivity contribution is -0.116. The van der Waals surface area contributed by atoms with Gasteiger partial charge in [0, 0.05) is 25.2 Å². The monoisotopic (exact) mass is 465 g/mol. The number of amides is 1. The summed E-state index contributed by atoms with van der Waals surface area (Å²) in [7, 11) is -7.67. The molecule has 8 nitrogen and oxygen atoms in total. The fraction of sp³-hybridized carbons (Fsp3) is 0.381. The highest BCUT2D eigenvalue weighted by Crippen LogP contribution is 2.34. The second-order valence-electron chi connectivity index (χ2n) is 7.62. The van der Waals surface area contributed by atoms with Crippen LogP contribution >= 0.6 is 0 Å². The summed E-state index contributed by atoms with van der Waals surface area (Å²) < 4.78 is 55.6. The average Bonchev–Trinajstić information content (AvgIpc) is 3.03. The van der Waals surface area contributed by atoms with Crippen LogP contribution in [0.2, 0.25) is 0 Å². The van der Waals surface area contributed by atoms with Crippen molar-refractivity contribution >= 4 is 37.3 Å². The molecule has 3 rings (SSSR count). The second kappa shape index (κ2) is 8.97. The molecule has 2 aromatic carbocycles. The van der Waals surface area contributed by atoms with E-state index in [2.05, 4.69) is 9.44 Å². The fourth-order valence-corrected chi connectivity index (χ4v) is 5.88. The van der Waals surface area contributed by atoms with Crippen LogP contribution in [0.1, 0.15) is 39.2 Å². The van der Waals surface area contributed by atoms with Gasteiger partial charge in [0.15, 0.2) is 0 Å². The van der Waals surface area contributed by atoms with E-state index in [9.17, 15) is 21.6 Å². The number of benzene rings is 2. The van der Waals surface area contributed by atoms with Crippen LogP contribution in [0.4, 0.5) is 11.4 Å². The standard InChI is InChI=1S/C21H27N3O5S2/c1-4-5-11-22-30(26,27)19-8-6-7-18(14-19)23-31(28,29)20-9-10-21-17(13-20)12-15(2)24(21)16(3)25/h6-10,13-15,22-23H,4-5,11-12H2,1-3H3. The van der Waals surface area contributed by atoms with E-state index in [1.54, 1.807) is 17.0 Å². The highest BCUT2D eigenvalue weighted by molar-refractivity contribution is 7.92. The van der Waals surface area contributed by atoms with E-state index >= 15 is 0 Å². The predicted octanol–water partition coefficient (Wildman–Crippen LogP) is 2.86. The zero-order valence-electron chi connectivity index (χ0n) is 17.8. The number of nitrogens with one attached hydrogen (secondary N) is 2. The van der Waals surface area contributed by atoms with Crippen LogP contribution in [0.15, 0.2) is 52.3 Å². The van der Waals surface area contributed by atoms with Gasteiger partial charge in [-0.1, -0.05) is 19.4 Å². The molecule has 1 atom stereocenters. The van der Waals surface area contributed by atoms with Crippen LogP contribution < -0.4 is 14.3 Å². The van der Waals surface area contributed by atoms with Crippen molar-refractivity contribution in [2.45, 2.75) is 55.9 Å². The molecule has 0 saturated heterocycles. The van der Waals surface area contributed by atoms with E-state index in [-0.39, 0.29) is 27.4 Å². The van der Waals surface area contributed by atoms with E-state index in [0.717, 1.165) is 12.0 Å². The zero-order valence-corrected chi connectivity index (χ0v) is 19.4. The molecule has 0 aliphatic carbocycles. The SMILES string of the molecule is CCCCNS(=O)(=O)c1cccc(NS(=O)(=O)c2ccc3c(c2)CC(C)N3C(C)=O)c1. The maximum atomic E-state index is 12.9. The van der Waals surface area contributed by atoms with Crippen LogP contribution in [0, 0.1) is 0 Å². The van der Waals surface area contributed by atoms with Crippen molar-refractivity contribution in [3.05, 3.63) is 48.0 Å². The molecule has 1 amide bonds. The number of sulfonamides is 2. The van der Waals surface area contributed by atoms with Gasteiger partial charge in [0.25, 0.3) is 10.0 Å². The molecule has 0 bridgehead atoms. The van der Waals surface area contributed by atoms with Crippen molar-refractivity contribution in [3.63, 3.8) is 0 Å². The number of unbranched alkanes of at least 4 members (excludes halogenated alkanes) is 1. The average molecular weight is 466 g/mol. The molecular formula is C21H27N3O5S2. The van der Waals surface area contributed by atoms with Crippen LogP contribution in [-0.2, 0) is 31.3 Å². The Balaban J connectivity index is 1.84. The Morgan fingerprint density at radius 3 is 2.45 bits per heavy atom. The number of carbonyl (C=O) groups excluding carboxylic acids is 1. The number of hydrogen-bond acceptors (Lipinski definition) is 5. The first kappa shape index (κ1) is 23.2. The lowest BCUT2D eigenvalue weighted by atomic mass is 10.1. The van der Waals surface area contributed by atoms with Gasteiger partial charge in [-0.15, -0.1) is 0 Å². The molecule has 0 saturated carbocycles. The molecule has 0 spiro atoms. The van der Waals surface area contributed by atoms with Crippen LogP contribution in [0.5, 0.6) is 0 Å². The number of anilines is 2. The zero-order chi connectivity index (χ0) is 22.8. The number of nitrogens with zero attached hydrogens (tertiary/aromatic N) is 1. The molecular weight excluding hydrogens is 438 g/mol. The molecule has 168 valence electrons. The predicted molar refractivity (Wildman–Crippen MR) is 120 cm³/mol. The van der Waals surface area contributed by atoms with Gasteiger partial charge in [0.2, 0.25) is 15.9 Å². The minimum atomic E-state index is -3.94. The van der Waals surface area contributed by atoms with E-state index < -0.39 is 20.0 Å². The molecule has 0 radical (unpaired) electrons. The minimum absolute atomic E-state index is 0.0105. The van der Waals surface area contributed by atoms with Gasteiger partial charge in [-0.05, 0) is 61.7 Å². The Morgan fingerprint density at radius 1 is 1.06 bits per heavy atom. The first-order chi connectivity index (χ1) is 14.5. The molecule has 1 aliphatic heterocycles. The number of hydrogen-bond donors (Lipinski definition) is 2. The van der Waals surface area contributed by atoms with Crippen LogP contribution in [0.25, 0.3) is 0 Å². The van der Waals surface area contributed by atoms with Gasteiger partial charge in [0.1, 0.15) is 0 Å². The van der Waals surface area contributed by atoms with Crippen molar-refractivity contribution in [2.24, 2.45) is 0 Å². The maximum absolute atomic E-state index is 12.9. The van der Waals surface area contributed by atoms with Crippen molar-refractivity contribution in [1.29, 1.82) is 0 Å².